The molecule has 1 aliphatic heterocycles. The molecule has 0 saturated carbocycles. The van der Waals surface area contributed by atoms with E-state index in [1.165, 1.54) is 11.1 Å². The molecule has 0 N–H and O–H groups in total. The molecular weight excluding hydrogens is 284 g/mol. The highest BCUT2D eigenvalue weighted by Gasteiger charge is 2.41. The van der Waals surface area contributed by atoms with Crippen molar-refractivity contribution in [3.63, 3.8) is 0 Å². The molecular formula is C18H19ClO2. The Morgan fingerprint density at radius 1 is 0.905 bits per heavy atom. The average molecular weight is 303 g/mol. The molecule has 1 unspecified atom stereocenters. The molecule has 1 atom stereocenters. The maximum atomic E-state index is 6.15. The highest BCUT2D eigenvalue weighted by Crippen LogP contribution is 2.32. The van der Waals surface area contributed by atoms with Gasteiger partial charge in [-0.3, -0.25) is 0 Å². The first-order valence-electron chi connectivity index (χ1n) is 7.25. The van der Waals surface area contributed by atoms with Crippen LogP contribution in [0.4, 0.5) is 0 Å². The fourth-order valence-corrected chi connectivity index (χ4v) is 2.91. The minimum Gasteiger partial charge on any atom is -0.346 e. The molecule has 0 bridgehead atoms. The maximum absolute atomic E-state index is 6.15. The number of alkyl halides is 1. The standard InChI is InChI=1S/C18H19ClO2/c19-13-17-14-20-18(21-17,11-15-7-3-1-4-8-15)12-16-9-5-2-6-10-16/h1-10,17H,11-14H2. The van der Waals surface area contributed by atoms with Crippen LogP contribution < -0.4 is 0 Å². The van der Waals surface area contributed by atoms with Crippen molar-refractivity contribution in [2.45, 2.75) is 24.7 Å². The van der Waals surface area contributed by atoms with Crippen LogP contribution in [0.3, 0.4) is 0 Å². The largest absolute Gasteiger partial charge is 0.346 e. The number of hydrogen-bond donors (Lipinski definition) is 0. The highest BCUT2D eigenvalue weighted by atomic mass is 35.5. The average Bonchev–Trinajstić information content (AvgIpc) is 2.92. The molecule has 0 spiro atoms. The Bertz CT molecular complexity index is 514. The SMILES string of the molecule is ClCC1COC(Cc2ccccc2)(Cc2ccccc2)O1. The van der Waals surface area contributed by atoms with Crippen LogP contribution in [0.1, 0.15) is 11.1 Å². The molecule has 21 heavy (non-hydrogen) atoms. The van der Waals surface area contributed by atoms with Crippen molar-refractivity contribution in [2.24, 2.45) is 0 Å². The first-order chi connectivity index (χ1) is 10.3. The van der Waals surface area contributed by atoms with E-state index >= 15 is 0 Å². The summed E-state index contributed by atoms with van der Waals surface area (Å²) >= 11 is 5.94. The summed E-state index contributed by atoms with van der Waals surface area (Å²) in [5.41, 5.74) is 2.42. The summed E-state index contributed by atoms with van der Waals surface area (Å²) in [5, 5.41) is 0. The fourth-order valence-electron chi connectivity index (χ4n) is 2.75. The second-order valence-corrected chi connectivity index (χ2v) is 5.75. The Morgan fingerprint density at radius 2 is 1.43 bits per heavy atom. The summed E-state index contributed by atoms with van der Waals surface area (Å²) in [7, 11) is 0. The van der Waals surface area contributed by atoms with Gasteiger partial charge in [0.1, 0.15) is 0 Å². The number of hydrogen-bond acceptors (Lipinski definition) is 2. The van der Waals surface area contributed by atoms with Crippen molar-refractivity contribution in [3.05, 3.63) is 71.8 Å². The summed E-state index contributed by atoms with van der Waals surface area (Å²) < 4.78 is 12.2. The van der Waals surface area contributed by atoms with Crippen molar-refractivity contribution in [1.29, 1.82) is 0 Å². The lowest BCUT2D eigenvalue weighted by Crippen LogP contribution is -2.36. The van der Waals surface area contributed by atoms with Crippen LogP contribution in [0.15, 0.2) is 60.7 Å². The van der Waals surface area contributed by atoms with E-state index in [1.807, 2.05) is 36.4 Å². The predicted octanol–water partition coefficient (Wildman–Crippen LogP) is 3.82. The van der Waals surface area contributed by atoms with E-state index in [0.717, 1.165) is 12.8 Å². The van der Waals surface area contributed by atoms with Gasteiger partial charge in [0.25, 0.3) is 0 Å². The van der Waals surface area contributed by atoms with Crippen LogP contribution in [0.2, 0.25) is 0 Å². The van der Waals surface area contributed by atoms with Crippen LogP contribution in [0.25, 0.3) is 0 Å². The number of rotatable bonds is 5. The third kappa shape index (κ3) is 3.65. The molecule has 0 amide bonds. The van der Waals surface area contributed by atoms with Gasteiger partial charge >= 0.3 is 0 Å². The molecule has 2 aromatic carbocycles. The van der Waals surface area contributed by atoms with Gasteiger partial charge in [-0.25, -0.2) is 0 Å². The van der Waals surface area contributed by atoms with E-state index in [0.29, 0.717) is 12.5 Å². The van der Waals surface area contributed by atoms with E-state index in [4.69, 9.17) is 21.1 Å². The lowest BCUT2D eigenvalue weighted by Gasteiger charge is -2.28. The van der Waals surface area contributed by atoms with E-state index in [2.05, 4.69) is 24.3 Å². The lowest BCUT2D eigenvalue weighted by molar-refractivity contribution is -0.164. The summed E-state index contributed by atoms with van der Waals surface area (Å²) in [4.78, 5) is 0. The minimum absolute atomic E-state index is 0.0286. The van der Waals surface area contributed by atoms with E-state index < -0.39 is 5.79 Å². The van der Waals surface area contributed by atoms with Gasteiger partial charge in [0, 0.05) is 12.8 Å². The fraction of sp³-hybridized carbons (Fsp3) is 0.333. The van der Waals surface area contributed by atoms with Gasteiger partial charge in [0.05, 0.1) is 18.6 Å². The Labute approximate surface area is 130 Å². The van der Waals surface area contributed by atoms with E-state index in [1.54, 1.807) is 0 Å². The van der Waals surface area contributed by atoms with Crippen LogP contribution >= 0.6 is 11.6 Å². The summed E-state index contributed by atoms with van der Waals surface area (Å²) in [5.74, 6) is -0.145. The molecule has 1 fully saturated rings. The Balaban J connectivity index is 1.82. The Hall–Kier alpha value is -1.35. The summed E-state index contributed by atoms with van der Waals surface area (Å²) in [6.07, 6.45) is 1.44. The minimum atomic E-state index is -0.609. The zero-order chi connectivity index (χ0) is 14.5. The predicted molar refractivity (Wildman–Crippen MR) is 84.6 cm³/mol. The topological polar surface area (TPSA) is 18.5 Å². The molecule has 110 valence electrons. The summed E-state index contributed by atoms with van der Waals surface area (Å²) in [6.45, 7) is 0.559. The molecule has 0 aliphatic carbocycles. The van der Waals surface area contributed by atoms with Gasteiger partial charge in [0.15, 0.2) is 5.79 Å². The molecule has 1 saturated heterocycles. The van der Waals surface area contributed by atoms with Gasteiger partial charge in [-0.05, 0) is 11.1 Å². The van der Waals surface area contributed by atoms with Gasteiger partial charge in [-0.1, -0.05) is 60.7 Å². The van der Waals surface area contributed by atoms with Gasteiger partial charge in [0.2, 0.25) is 0 Å². The third-order valence-corrected chi connectivity index (χ3v) is 4.06. The van der Waals surface area contributed by atoms with Gasteiger partial charge in [-0.2, -0.15) is 0 Å². The Kier molecular flexibility index (Phi) is 4.59. The first-order valence-corrected chi connectivity index (χ1v) is 7.79. The zero-order valence-corrected chi connectivity index (χ0v) is 12.6. The number of ether oxygens (including phenoxy) is 2. The zero-order valence-electron chi connectivity index (χ0n) is 11.9. The molecule has 1 heterocycles. The van der Waals surface area contributed by atoms with Crippen molar-refractivity contribution in [2.75, 3.05) is 12.5 Å². The molecule has 3 rings (SSSR count). The van der Waals surface area contributed by atoms with Crippen molar-refractivity contribution in [3.8, 4) is 0 Å². The second-order valence-electron chi connectivity index (χ2n) is 5.44. The molecule has 2 aromatic rings. The smallest absolute Gasteiger partial charge is 0.176 e. The van der Waals surface area contributed by atoms with Crippen LogP contribution in [0, 0.1) is 0 Å². The molecule has 1 aliphatic rings. The van der Waals surface area contributed by atoms with E-state index in [-0.39, 0.29) is 6.10 Å². The van der Waals surface area contributed by atoms with Crippen LogP contribution in [0.5, 0.6) is 0 Å². The molecule has 3 heteroatoms. The van der Waals surface area contributed by atoms with Crippen molar-refractivity contribution in [1.82, 2.24) is 0 Å². The molecule has 0 radical (unpaired) electrons. The van der Waals surface area contributed by atoms with Crippen molar-refractivity contribution < 1.29 is 9.47 Å². The highest BCUT2D eigenvalue weighted by molar-refractivity contribution is 6.18. The number of benzene rings is 2. The lowest BCUT2D eigenvalue weighted by atomic mass is 9.98. The second kappa shape index (κ2) is 6.61. The maximum Gasteiger partial charge on any atom is 0.176 e. The summed E-state index contributed by atoms with van der Waals surface area (Å²) in [6, 6.07) is 20.6. The van der Waals surface area contributed by atoms with Gasteiger partial charge in [-0.15, -0.1) is 11.6 Å². The van der Waals surface area contributed by atoms with Crippen LogP contribution in [-0.4, -0.2) is 24.4 Å². The first kappa shape index (κ1) is 14.6. The van der Waals surface area contributed by atoms with Gasteiger partial charge < -0.3 is 9.47 Å². The van der Waals surface area contributed by atoms with E-state index in [9.17, 15) is 0 Å². The molecule has 2 nitrogen and oxygen atoms in total. The quantitative estimate of drug-likeness (QED) is 0.782. The normalized spacial score (nSPS) is 20.5. The van der Waals surface area contributed by atoms with Crippen molar-refractivity contribution >= 4 is 11.6 Å². The third-order valence-electron chi connectivity index (χ3n) is 3.72. The molecule has 0 aromatic heterocycles. The van der Waals surface area contributed by atoms with Crippen LogP contribution in [-0.2, 0) is 22.3 Å². The Morgan fingerprint density at radius 3 is 1.86 bits per heavy atom. The monoisotopic (exact) mass is 302 g/mol. The number of halogens is 1.